The molecule has 76 valence electrons. The predicted molar refractivity (Wildman–Crippen MR) is 70.1 cm³/mol. The summed E-state index contributed by atoms with van der Waals surface area (Å²) in [4.78, 5) is 4.31. The van der Waals surface area contributed by atoms with E-state index in [1.54, 1.807) is 6.20 Å². The van der Waals surface area contributed by atoms with Gasteiger partial charge >= 0.3 is 0 Å². The molecule has 0 saturated heterocycles. The van der Waals surface area contributed by atoms with Crippen molar-refractivity contribution in [3.8, 4) is 11.3 Å². The summed E-state index contributed by atoms with van der Waals surface area (Å²) in [6.07, 6.45) is 1.76. The molecule has 1 heterocycles. The zero-order valence-corrected chi connectivity index (χ0v) is 11.5. The number of hydrogen-bond acceptors (Lipinski definition) is 1. The standard InChI is InChI=1S/C11H6Br2ClN/c12-9-5-11(15-6-10(9)13)7-2-1-3-8(14)4-7/h1-6H. The van der Waals surface area contributed by atoms with Crippen LogP contribution in [0.25, 0.3) is 11.3 Å². The lowest BCUT2D eigenvalue weighted by Gasteiger charge is -2.03. The van der Waals surface area contributed by atoms with Gasteiger partial charge in [0.05, 0.1) is 10.2 Å². The van der Waals surface area contributed by atoms with Gasteiger partial charge in [0.25, 0.3) is 0 Å². The molecule has 0 bridgehead atoms. The lowest BCUT2D eigenvalue weighted by Crippen LogP contribution is -1.83. The summed E-state index contributed by atoms with van der Waals surface area (Å²) in [5, 5.41) is 0.716. The summed E-state index contributed by atoms with van der Waals surface area (Å²) in [6, 6.07) is 9.59. The highest BCUT2D eigenvalue weighted by Gasteiger charge is 2.03. The maximum Gasteiger partial charge on any atom is 0.0714 e. The molecule has 15 heavy (non-hydrogen) atoms. The van der Waals surface area contributed by atoms with Crippen LogP contribution < -0.4 is 0 Å². The zero-order valence-electron chi connectivity index (χ0n) is 7.55. The molecule has 1 nitrogen and oxygen atoms in total. The Balaban J connectivity index is 2.50. The van der Waals surface area contributed by atoms with Crippen molar-refractivity contribution < 1.29 is 0 Å². The smallest absolute Gasteiger partial charge is 0.0714 e. The molecule has 2 rings (SSSR count). The van der Waals surface area contributed by atoms with Crippen LogP contribution in [-0.4, -0.2) is 4.98 Å². The quantitative estimate of drug-likeness (QED) is 0.713. The molecule has 0 amide bonds. The Morgan fingerprint density at radius 2 is 1.87 bits per heavy atom. The Bertz CT molecular complexity index is 500. The average molecular weight is 347 g/mol. The Hall–Kier alpha value is -0.380. The number of hydrogen-bond donors (Lipinski definition) is 0. The van der Waals surface area contributed by atoms with Crippen molar-refractivity contribution in [1.29, 1.82) is 0 Å². The molecule has 0 radical (unpaired) electrons. The van der Waals surface area contributed by atoms with Crippen molar-refractivity contribution >= 4 is 43.5 Å². The fourth-order valence-corrected chi connectivity index (χ4v) is 1.95. The van der Waals surface area contributed by atoms with Gasteiger partial charge in [-0.25, -0.2) is 0 Å². The first-order chi connectivity index (χ1) is 7.16. The SMILES string of the molecule is Clc1cccc(-c2cc(Br)c(Br)cn2)c1. The van der Waals surface area contributed by atoms with Gasteiger partial charge in [0.1, 0.15) is 0 Å². The van der Waals surface area contributed by atoms with Gasteiger partial charge in [0.2, 0.25) is 0 Å². The average Bonchev–Trinajstić information content (AvgIpc) is 2.22. The van der Waals surface area contributed by atoms with Crippen LogP contribution in [0.5, 0.6) is 0 Å². The van der Waals surface area contributed by atoms with Crippen LogP contribution >= 0.6 is 43.5 Å². The Morgan fingerprint density at radius 3 is 2.53 bits per heavy atom. The summed E-state index contributed by atoms with van der Waals surface area (Å²) in [5.41, 5.74) is 1.91. The third kappa shape index (κ3) is 2.60. The molecule has 4 heteroatoms. The second kappa shape index (κ2) is 4.64. The van der Waals surface area contributed by atoms with E-state index in [0.717, 1.165) is 20.2 Å². The summed E-state index contributed by atoms with van der Waals surface area (Å²) < 4.78 is 1.92. The number of pyridine rings is 1. The summed E-state index contributed by atoms with van der Waals surface area (Å²) in [6.45, 7) is 0. The van der Waals surface area contributed by atoms with Gasteiger partial charge in [-0.1, -0.05) is 23.7 Å². The van der Waals surface area contributed by atoms with Crippen molar-refractivity contribution in [2.75, 3.05) is 0 Å². The normalized spacial score (nSPS) is 10.3. The van der Waals surface area contributed by atoms with E-state index in [9.17, 15) is 0 Å². The molecule has 0 saturated carbocycles. The Kier molecular flexibility index (Phi) is 3.44. The predicted octanol–water partition coefficient (Wildman–Crippen LogP) is 4.93. The molecule has 0 fully saturated rings. The first-order valence-corrected chi connectivity index (χ1v) is 6.20. The number of rotatable bonds is 1. The molecule has 0 aliphatic heterocycles. The Labute approximate surface area is 110 Å². The number of aromatic nitrogens is 1. The van der Waals surface area contributed by atoms with Gasteiger partial charge in [0.15, 0.2) is 0 Å². The molecule has 0 aliphatic rings. The summed E-state index contributed by atoms with van der Waals surface area (Å²) in [5.74, 6) is 0. The van der Waals surface area contributed by atoms with Crippen molar-refractivity contribution in [3.05, 3.63) is 50.5 Å². The zero-order chi connectivity index (χ0) is 10.8. The van der Waals surface area contributed by atoms with Crippen LogP contribution in [0.4, 0.5) is 0 Å². The first-order valence-electron chi connectivity index (χ1n) is 4.24. The fraction of sp³-hybridized carbons (Fsp3) is 0. The lowest BCUT2D eigenvalue weighted by atomic mass is 10.1. The lowest BCUT2D eigenvalue weighted by molar-refractivity contribution is 1.29. The number of benzene rings is 1. The molecule has 1 aromatic heterocycles. The van der Waals surface area contributed by atoms with Crippen LogP contribution in [0.2, 0.25) is 5.02 Å². The van der Waals surface area contributed by atoms with Crippen molar-refractivity contribution in [2.24, 2.45) is 0 Å². The van der Waals surface area contributed by atoms with Crippen molar-refractivity contribution in [1.82, 2.24) is 4.98 Å². The van der Waals surface area contributed by atoms with Crippen LogP contribution in [0.15, 0.2) is 45.5 Å². The van der Waals surface area contributed by atoms with Crippen molar-refractivity contribution in [3.63, 3.8) is 0 Å². The Morgan fingerprint density at radius 1 is 1.07 bits per heavy atom. The highest BCUT2D eigenvalue weighted by molar-refractivity contribution is 9.13. The molecule has 2 aromatic rings. The van der Waals surface area contributed by atoms with Gasteiger partial charge in [-0.15, -0.1) is 0 Å². The molecule has 0 aliphatic carbocycles. The van der Waals surface area contributed by atoms with E-state index in [4.69, 9.17) is 11.6 Å². The van der Waals surface area contributed by atoms with Crippen LogP contribution in [0.1, 0.15) is 0 Å². The molecule has 0 spiro atoms. The van der Waals surface area contributed by atoms with Gasteiger partial charge in [-0.3, -0.25) is 4.98 Å². The first kappa shape index (κ1) is 11.1. The monoisotopic (exact) mass is 345 g/mol. The third-order valence-corrected chi connectivity index (χ3v) is 3.98. The maximum absolute atomic E-state index is 5.92. The molecule has 0 unspecified atom stereocenters. The van der Waals surface area contributed by atoms with E-state index >= 15 is 0 Å². The molecular formula is C11H6Br2ClN. The highest BCUT2D eigenvalue weighted by Crippen LogP contribution is 2.27. The van der Waals surface area contributed by atoms with Crippen LogP contribution in [-0.2, 0) is 0 Å². The van der Waals surface area contributed by atoms with E-state index in [0.29, 0.717) is 5.02 Å². The molecule has 0 atom stereocenters. The van der Waals surface area contributed by atoms with E-state index < -0.39 is 0 Å². The minimum absolute atomic E-state index is 0.716. The second-order valence-electron chi connectivity index (χ2n) is 2.99. The second-order valence-corrected chi connectivity index (χ2v) is 5.14. The summed E-state index contributed by atoms with van der Waals surface area (Å²) in [7, 11) is 0. The number of nitrogens with zero attached hydrogens (tertiary/aromatic N) is 1. The molecular weight excluding hydrogens is 341 g/mol. The van der Waals surface area contributed by atoms with E-state index in [1.807, 2.05) is 30.3 Å². The van der Waals surface area contributed by atoms with E-state index in [1.165, 1.54) is 0 Å². The topological polar surface area (TPSA) is 12.9 Å². The highest BCUT2D eigenvalue weighted by atomic mass is 79.9. The molecule has 1 aromatic carbocycles. The van der Waals surface area contributed by atoms with Crippen molar-refractivity contribution in [2.45, 2.75) is 0 Å². The fourth-order valence-electron chi connectivity index (χ4n) is 1.22. The minimum Gasteiger partial charge on any atom is -0.255 e. The minimum atomic E-state index is 0.716. The molecule has 0 N–H and O–H groups in total. The van der Waals surface area contributed by atoms with Gasteiger partial charge < -0.3 is 0 Å². The van der Waals surface area contributed by atoms with Gasteiger partial charge in [-0.2, -0.15) is 0 Å². The van der Waals surface area contributed by atoms with Crippen LogP contribution in [0, 0.1) is 0 Å². The summed E-state index contributed by atoms with van der Waals surface area (Å²) >= 11 is 12.7. The maximum atomic E-state index is 5.92. The third-order valence-electron chi connectivity index (χ3n) is 1.93. The van der Waals surface area contributed by atoms with Gasteiger partial charge in [0, 0.05) is 21.3 Å². The number of halogens is 3. The van der Waals surface area contributed by atoms with E-state index in [-0.39, 0.29) is 0 Å². The van der Waals surface area contributed by atoms with Crippen LogP contribution in [0.3, 0.4) is 0 Å². The van der Waals surface area contributed by atoms with E-state index in [2.05, 4.69) is 36.8 Å². The van der Waals surface area contributed by atoms with Gasteiger partial charge in [-0.05, 0) is 50.1 Å². The largest absolute Gasteiger partial charge is 0.255 e.